The predicted octanol–water partition coefficient (Wildman–Crippen LogP) is 1.69. The van der Waals surface area contributed by atoms with E-state index in [1.165, 1.54) is 0 Å². The zero-order valence-corrected chi connectivity index (χ0v) is 11.2. The lowest BCUT2D eigenvalue weighted by Gasteiger charge is -2.17. The Morgan fingerprint density at radius 2 is 2.24 bits per heavy atom. The van der Waals surface area contributed by atoms with E-state index in [4.69, 9.17) is 11.6 Å². The van der Waals surface area contributed by atoms with Gasteiger partial charge >= 0.3 is 0 Å². The number of hydrogen-bond donors (Lipinski definition) is 1. The van der Waals surface area contributed by atoms with E-state index >= 15 is 0 Å². The molecular formula is C12H18ClN3O. The summed E-state index contributed by atoms with van der Waals surface area (Å²) in [5.41, 5.74) is 1.04. The lowest BCUT2D eigenvalue weighted by molar-refractivity contribution is -0.122. The largest absolute Gasteiger partial charge is 0.353 e. The molecule has 0 fully saturated rings. The number of hydrogen-bond acceptors (Lipinski definition) is 3. The molecule has 0 saturated carbocycles. The molecule has 0 aliphatic heterocycles. The van der Waals surface area contributed by atoms with E-state index in [1.807, 2.05) is 31.9 Å². The highest BCUT2D eigenvalue weighted by Gasteiger charge is 2.08. The Morgan fingerprint density at radius 1 is 1.53 bits per heavy atom. The van der Waals surface area contributed by atoms with Crippen molar-refractivity contribution in [1.29, 1.82) is 0 Å². The Labute approximate surface area is 107 Å². The Bertz CT molecular complexity index is 365. The zero-order valence-electron chi connectivity index (χ0n) is 10.4. The second-order valence-corrected chi connectivity index (χ2v) is 4.77. The first-order chi connectivity index (χ1) is 7.97. The van der Waals surface area contributed by atoms with Crippen molar-refractivity contribution in [2.75, 3.05) is 13.6 Å². The van der Waals surface area contributed by atoms with Gasteiger partial charge in [0.05, 0.1) is 6.54 Å². The maximum Gasteiger partial charge on any atom is 0.234 e. The average molecular weight is 256 g/mol. The smallest absolute Gasteiger partial charge is 0.234 e. The lowest BCUT2D eigenvalue weighted by Crippen LogP contribution is -2.38. The number of carbonyl (C=O) groups is 1. The van der Waals surface area contributed by atoms with Gasteiger partial charge in [0.1, 0.15) is 5.15 Å². The van der Waals surface area contributed by atoms with E-state index in [0.717, 1.165) is 5.56 Å². The highest BCUT2D eigenvalue weighted by Crippen LogP contribution is 2.06. The summed E-state index contributed by atoms with van der Waals surface area (Å²) in [5, 5.41) is 3.33. The summed E-state index contributed by atoms with van der Waals surface area (Å²) in [6.45, 7) is 4.94. The molecule has 1 aromatic heterocycles. The van der Waals surface area contributed by atoms with Crippen LogP contribution in [0.25, 0.3) is 0 Å². The number of nitrogens with one attached hydrogen (secondary N) is 1. The fourth-order valence-corrected chi connectivity index (χ4v) is 1.59. The first kappa shape index (κ1) is 13.9. The molecule has 0 aliphatic rings. The van der Waals surface area contributed by atoms with E-state index < -0.39 is 0 Å². The Balaban J connectivity index is 2.41. The molecule has 0 saturated heterocycles. The monoisotopic (exact) mass is 255 g/mol. The second kappa shape index (κ2) is 6.57. The van der Waals surface area contributed by atoms with Crippen LogP contribution in [-0.2, 0) is 11.3 Å². The normalized spacial score (nSPS) is 10.9. The molecule has 1 rings (SSSR count). The fraction of sp³-hybridized carbons (Fsp3) is 0.500. The molecule has 0 aromatic carbocycles. The van der Waals surface area contributed by atoms with Gasteiger partial charge in [-0.2, -0.15) is 0 Å². The molecule has 0 radical (unpaired) electrons. The summed E-state index contributed by atoms with van der Waals surface area (Å²) in [7, 11) is 1.90. The van der Waals surface area contributed by atoms with Crippen molar-refractivity contribution < 1.29 is 4.79 Å². The maximum absolute atomic E-state index is 11.5. The quantitative estimate of drug-likeness (QED) is 0.815. The molecule has 5 heteroatoms. The Hall–Kier alpha value is -1.13. The molecule has 17 heavy (non-hydrogen) atoms. The number of nitrogens with zero attached hydrogens (tertiary/aromatic N) is 2. The van der Waals surface area contributed by atoms with Gasteiger partial charge in [-0.15, -0.1) is 0 Å². The predicted molar refractivity (Wildman–Crippen MR) is 68.9 cm³/mol. The number of pyridine rings is 1. The molecule has 0 unspecified atom stereocenters. The van der Waals surface area contributed by atoms with E-state index in [1.54, 1.807) is 12.3 Å². The average Bonchev–Trinajstić information content (AvgIpc) is 2.19. The first-order valence-corrected chi connectivity index (χ1v) is 5.93. The number of carbonyl (C=O) groups excluding carboxylic acids is 1. The minimum atomic E-state index is 0.0319. The van der Waals surface area contributed by atoms with Gasteiger partial charge in [-0.1, -0.05) is 17.7 Å². The van der Waals surface area contributed by atoms with Crippen molar-refractivity contribution >= 4 is 17.5 Å². The Morgan fingerprint density at radius 3 is 2.76 bits per heavy atom. The lowest BCUT2D eigenvalue weighted by atomic mass is 10.2. The summed E-state index contributed by atoms with van der Waals surface area (Å²) in [6.07, 6.45) is 1.72. The van der Waals surface area contributed by atoms with Gasteiger partial charge in [0.25, 0.3) is 0 Å². The van der Waals surface area contributed by atoms with Crippen LogP contribution in [0.1, 0.15) is 19.4 Å². The molecule has 0 aliphatic carbocycles. The summed E-state index contributed by atoms with van der Waals surface area (Å²) in [5.74, 6) is 0.0319. The van der Waals surface area contributed by atoms with Gasteiger partial charge in [0.2, 0.25) is 5.91 Å². The summed E-state index contributed by atoms with van der Waals surface area (Å²) >= 11 is 5.70. The molecule has 1 amide bonds. The van der Waals surface area contributed by atoms with E-state index in [-0.39, 0.29) is 11.9 Å². The van der Waals surface area contributed by atoms with Crippen molar-refractivity contribution in [3.8, 4) is 0 Å². The number of halogens is 1. The molecule has 0 spiro atoms. The molecule has 0 bridgehead atoms. The van der Waals surface area contributed by atoms with Crippen LogP contribution in [0, 0.1) is 0 Å². The highest BCUT2D eigenvalue weighted by molar-refractivity contribution is 6.29. The highest BCUT2D eigenvalue weighted by atomic mass is 35.5. The molecule has 94 valence electrons. The minimum Gasteiger partial charge on any atom is -0.353 e. The van der Waals surface area contributed by atoms with E-state index in [9.17, 15) is 4.79 Å². The van der Waals surface area contributed by atoms with Crippen LogP contribution < -0.4 is 5.32 Å². The Kier molecular flexibility index (Phi) is 5.38. The molecule has 0 atom stereocenters. The number of rotatable bonds is 5. The van der Waals surface area contributed by atoms with Gasteiger partial charge in [0, 0.05) is 18.8 Å². The van der Waals surface area contributed by atoms with Crippen molar-refractivity contribution in [2.45, 2.75) is 26.4 Å². The zero-order chi connectivity index (χ0) is 12.8. The first-order valence-electron chi connectivity index (χ1n) is 5.55. The molecular weight excluding hydrogens is 238 g/mol. The molecule has 4 nitrogen and oxygen atoms in total. The topological polar surface area (TPSA) is 45.2 Å². The van der Waals surface area contributed by atoms with Crippen molar-refractivity contribution in [3.63, 3.8) is 0 Å². The standard InChI is InChI=1S/C12H18ClN3O/c1-9(2)15-12(17)8-16(3)7-10-4-5-11(13)14-6-10/h4-6,9H,7-8H2,1-3H3,(H,15,17). The molecule has 1 heterocycles. The van der Waals surface area contributed by atoms with Gasteiger partial charge in [-0.05, 0) is 32.5 Å². The van der Waals surface area contributed by atoms with E-state index in [0.29, 0.717) is 18.2 Å². The van der Waals surface area contributed by atoms with Crippen LogP contribution in [-0.4, -0.2) is 35.4 Å². The number of likely N-dealkylation sites (N-methyl/N-ethyl adjacent to an activating group) is 1. The van der Waals surface area contributed by atoms with Crippen molar-refractivity contribution in [2.24, 2.45) is 0 Å². The third-order valence-corrected chi connectivity index (χ3v) is 2.33. The summed E-state index contributed by atoms with van der Waals surface area (Å²) in [6, 6.07) is 3.83. The van der Waals surface area contributed by atoms with Crippen LogP contribution in [0.2, 0.25) is 5.15 Å². The molecule has 1 N–H and O–H groups in total. The number of aromatic nitrogens is 1. The number of amides is 1. The van der Waals surface area contributed by atoms with E-state index in [2.05, 4.69) is 10.3 Å². The maximum atomic E-state index is 11.5. The minimum absolute atomic E-state index is 0.0319. The third kappa shape index (κ3) is 5.65. The molecule has 1 aromatic rings. The van der Waals surface area contributed by atoms with Crippen LogP contribution in [0.4, 0.5) is 0 Å². The fourth-order valence-electron chi connectivity index (χ4n) is 1.48. The van der Waals surface area contributed by atoms with Crippen LogP contribution in [0.5, 0.6) is 0 Å². The van der Waals surface area contributed by atoms with Gasteiger partial charge < -0.3 is 5.32 Å². The van der Waals surface area contributed by atoms with Crippen molar-refractivity contribution in [3.05, 3.63) is 29.0 Å². The van der Waals surface area contributed by atoms with Gasteiger partial charge in [-0.25, -0.2) is 4.98 Å². The second-order valence-electron chi connectivity index (χ2n) is 4.38. The summed E-state index contributed by atoms with van der Waals surface area (Å²) in [4.78, 5) is 17.4. The van der Waals surface area contributed by atoms with Gasteiger partial charge in [-0.3, -0.25) is 9.69 Å². The van der Waals surface area contributed by atoms with Crippen molar-refractivity contribution in [1.82, 2.24) is 15.2 Å². The van der Waals surface area contributed by atoms with Gasteiger partial charge in [0.15, 0.2) is 0 Å². The third-order valence-electron chi connectivity index (χ3n) is 2.10. The summed E-state index contributed by atoms with van der Waals surface area (Å²) < 4.78 is 0. The van der Waals surface area contributed by atoms with Crippen LogP contribution >= 0.6 is 11.6 Å². The van der Waals surface area contributed by atoms with Crippen LogP contribution in [0.15, 0.2) is 18.3 Å². The SMILES string of the molecule is CC(C)NC(=O)CN(C)Cc1ccc(Cl)nc1. The van der Waals surface area contributed by atoms with Crippen LogP contribution in [0.3, 0.4) is 0 Å².